The van der Waals surface area contributed by atoms with Crippen LogP contribution < -0.4 is 25.0 Å². The summed E-state index contributed by atoms with van der Waals surface area (Å²) in [6, 6.07) is 17.3. The quantitative estimate of drug-likeness (QED) is 0.241. The Hall–Kier alpha value is -4.50. The minimum absolute atomic E-state index is 0.144. The number of aromatic carboxylic acids is 1. The van der Waals surface area contributed by atoms with Crippen molar-refractivity contribution in [2.24, 2.45) is 0 Å². The average molecular weight is 538 g/mol. The van der Waals surface area contributed by atoms with Crippen LogP contribution in [0.4, 0.5) is 21.9 Å². The zero-order chi connectivity index (χ0) is 27.5. The molecular formula is C28H28ClN3O6. The van der Waals surface area contributed by atoms with Crippen molar-refractivity contribution < 1.29 is 29.0 Å². The first kappa shape index (κ1) is 28.1. The van der Waals surface area contributed by atoms with Crippen molar-refractivity contribution in [3.63, 3.8) is 0 Å². The molecule has 0 aromatic heterocycles. The number of allylic oxidation sites excluding steroid dienone is 1. The van der Waals surface area contributed by atoms with Crippen LogP contribution in [0.3, 0.4) is 0 Å². The molecule has 0 aliphatic rings. The molecule has 3 rings (SSSR count). The number of benzene rings is 3. The summed E-state index contributed by atoms with van der Waals surface area (Å²) < 4.78 is 11.2. The van der Waals surface area contributed by atoms with E-state index in [2.05, 4.69) is 17.2 Å². The Morgan fingerprint density at radius 1 is 1.03 bits per heavy atom. The fourth-order valence-electron chi connectivity index (χ4n) is 3.50. The van der Waals surface area contributed by atoms with Gasteiger partial charge >= 0.3 is 12.0 Å². The Balaban J connectivity index is 1.73. The van der Waals surface area contributed by atoms with E-state index in [1.54, 1.807) is 65.6 Å². The minimum atomic E-state index is -1.02. The summed E-state index contributed by atoms with van der Waals surface area (Å²) in [5, 5.41) is 14.8. The fraction of sp³-hybridized carbons (Fsp3) is 0.179. The van der Waals surface area contributed by atoms with Crippen LogP contribution in [0.15, 0.2) is 79.4 Å². The summed E-state index contributed by atoms with van der Waals surface area (Å²) >= 11 is 6.11. The first-order chi connectivity index (χ1) is 18.3. The van der Waals surface area contributed by atoms with Gasteiger partial charge in [-0.2, -0.15) is 0 Å². The maximum Gasteiger partial charge on any atom is 0.335 e. The molecule has 3 aromatic rings. The molecule has 0 saturated carbocycles. The topological polar surface area (TPSA) is 117 Å². The third-order valence-corrected chi connectivity index (χ3v) is 5.74. The highest BCUT2D eigenvalue weighted by molar-refractivity contribution is 6.33. The summed E-state index contributed by atoms with van der Waals surface area (Å²) in [6.07, 6.45) is 2.42. The maximum absolute atomic E-state index is 13.0. The van der Waals surface area contributed by atoms with Gasteiger partial charge in [0.2, 0.25) is 5.91 Å². The maximum atomic E-state index is 13.0. The van der Waals surface area contributed by atoms with E-state index in [1.807, 2.05) is 0 Å². The highest BCUT2D eigenvalue weighted by atomic mass is 35.5. The highest BCUT2D eigenvalue weighted by Gasteiger charge is 2.18. The van der Waals surface area contributed by atoms with E-state index in [9.17, 15) is 14.4 Å². The molecule has 38 heavy (non-hydrogen) atoms. The molecule has 0 aliphatic carbocycles. The second kappa shape index (κ2) is 13.7. The van der Waals surface area contributed by atoms with Crippen molar-refractivity contribution in [1.29, 1.82) is 0 Å². The van der Waals surface area contributed by atoms with Gasteiger partial charge in [-0.15, -0.1) is 6.58 Å². The Morgan fingerprint density at radius 2 is 1.74 bits per heavy atom. The van der Waals surface area contributed by atoms with Crippen LogP contribution in [0.2, 0.25) is 5.02 Å². The van der Waals surface area contributed by atoms with Crippen LogP contribution in [0.1, 0.15) is 23.2 Å². The Morgan fingerprint density at radius 3 is 2.39 bits per heavy atom. The van der Waals surface area contributed by atoms with Gasteiger partial charge in [0.05, 0.1) is 35.6 Å². The van der Waals surface area contributed by atoms with Gasteiger partial charge in [-0.1, -0.05) is 29.8 Å². The van der Waals surface area contributed by atoms with Crippen molar-refractivity contribution in [1.82, 2.24) is 0 Å². The number of nitrogens with one attached hydrogen (secondary N) is 2. The lowest BCUT2D eigenvalue weighted by Gasteiger charge is -2.24. The SMILES string of the molecule is C=CCCC(=O)N(CCOc1ccc(C(=O)O)cc1)c1ccc(NC(=O)Nc2ccccc2Cl)c(OC)c1. The average Bonchev–Trinajstić information content (AvgIpc) is 2.91. The lowest BCUT2D eigenvalue weighted by atomic mass is 10.2. The number of carboxylic acid groups (broad SMARTS) is 1. The first-order valence-electron chi connectivity index (χ1n) is 11.7. The lowest BCUT2D eigenvalue weighted by Crippen LogP contribution is -2.34. The van der Waals surface area contributed by atoms with Crippen LogP contribution in [0.25, 0.3) is 0 Å². The predicted octanol–water partition coefficient (Wildman–Crippen LogP) is 6.07. The van der Waals surface area contributed by atoms with Crippen LogP contribution in [-0.4, -0.2) is 43.3 Å². The van der Waals surface area contributed by atoms with Crippen molar-refractivity contribution in [2.45, 2.75) is 12.8 Å². The van der Waals surface area contributed by atoms with E-state index in [-0.39, 0.29) is 31.0 Å². The molecule has 0 spiro atoms. The molecule has 9 nitrogen and oxygen atoms in total. The van der Waals surface area contributed by atoms with E-state index in [1.165, 1.54) is 19.2 Å². The molecule has 0 aliphatic heterocycles. The standard InChI is InChI=1S/C28H28ClN3O6/c1-3-4-9-26(33)32(16-17-38-21-13-10-19(11-14-21)27(34)35)20-12-15-24(25(18-20)37-2)31-28(36)30-23-8-6-5-7-22(23)29/h3,5-8,10-15,18H,1,4,9,16-17H2,2H3,(H,34,35)(H2,30,31,36). The number of carboxylic acids is 1. The number of carbonyl (C=O) groups excluding carboxylic acids is 2. The zero-order valence-electron chi connectivity index (χ0n) is 20.8. The molecule has 0 heterocycles. The van der Waals surface area contributed by atoms with E-state index < -0.39 is 12.0 Å². The number of amides is 3. The number of rotatable bonds is 12. The molecule has 3 aromatic carbocycles. The molecule has 3 amide bonds. The van der Waals surface area contributed by atoms with Crippen molar-refractivity contribution in [3.8, 4) is 11.5 Å². The summed E-state index contributed by atoms with van der Waals surface area (Å²) in [4.78, 5) is 38.1. The van der Waals surface area contributed by atoms with Crippen LogP contribution >= 0.6 is 11.6 Å². The van der Waals surface area contributed by atoms with Crippen LogP contribution in [0.5, 0.6) is 11.5 Å². The summed E-state index contributed by atoms with van der Waals surface area (Å²) in [5.74, 6) is -0.337. The van der Waals surface area contributed by atoms with Gasteiger partial charge in [0, 0.05) is 18.2 Å². The molecule has 198 valence electrons. The minimum Gasteiger partial charge on any atom is -0.494 e. The van der Waals surface area contributed by atoms with Crippen molar-refractivity contribution >= 4 is 46.6 Å². The smallest absolute Gasteiger partial charge is 0.335 e. The molecule has 0 atom stereocenters. The van der Waals surface area contributed by atoms with Gasteiger partial charge in [0.25, 0.3) is 0 Å². The van der Waals surface area contributed by atoms with Crippen molar-refractivity contribution in [2.75, 3.05) is 35.8 Å². The molecule has 0 fully saturated rings. The molecule has 0 radical (unpaired) electrons. The molecule has 10 heteroatoms. The number of carbonyl (C=O) groups is 3. The number of nitrogens with zero attached hydrogens (tertiary/aromatic N) is 1. The van der Waals surface area contributed by atoms with Gasteiger partial charge in [-0.3, -0.25) is 4.79 Å². The Kier molecular flexibility index (Phi) is 10.1. The third-order valence-electron chi connectivity index (χ3n) is 5.42. The van der Waals surface area contributed by atoms with Gasteiger partial charge in [0.1, 0.15) is 18.1 Å². The third kappa shape index (κ3) is 7.75. The fourth-order valence-corrected chi connectivity index (χ4v) is 3.68. The predicted molar refractivity (Wildman–Crippen MR) is 148 cm³/mol. The highest BCUT2D eigenvalue weighted by Crippen LogP contribution is 2.31. The number of hydrogen-bond acceptors (Lipinski definition) is 5. The Labute approximate surface area is 225 Å². The molecule has 0 saturated heterocycles. The summed E-state index contributed by atoms with van der Waals surface area (Å²) in [7, 11) is 1.46. The van der Waals surface area contributed by atoms with Crippen molar-refractivity contribution in [3.05, 3.63) is 90.0 Å². The summed E-state index contributed by atoms with van der Waals surface area (Å²) in [6.45, 7) is 4.06. The van der Waals surface area contributed by atoms with E-state index in [4.69, 9.17) is 26.2 Å². The molecular weight excluding hydrogens is 510 g/mol. The molecule has 0 unspecified atom stereocenters. The number of urea groups is 1. The van der Waals surface area contributed by atoms with Gasteiger partial charge in [-0.25, -0.2) is 9.59 Å². The van der Waals surface area contributed by atoms with Gasteiger partial charge in [-0.05, 0) is 55.0 Å². The van der Waals surface area contributed by atoms with Crippen LogP contribution in [-0.2, 0) is 4.79 Å². The van der Waals surface area contributed by atoms with Gasteiger partial charge in [0.15, 0.2) is 0 Å². The number of ether oxygens (including phenoxy) is 2. The first-order valence-corrected chi connectivity index (χ1v) is 12.1. The second-order valence-corrected chi connectivity index (χ2v) is 8.40. The second-order valence-electron chi connectivity index (χ2n) is 7.99. The zero-order valence-corrected chi connectivity index (χ0v) is 21.5. The van der Waals surface area contributed by atoms with E-state index in [0.717, 1.165) is 0 Å². The normalized spacial score (nSPS) is 10.3. The van der Waals surface area contributed by atoms with E-state index in [0.29, 0.717) is 40.0 Å². The molecule has 3 N–H and O–H groups in total. The number of hydrogen-bond donors (Lipinski definition) is 3. The number of para-hydroxylation sites is 1. The molecule has 0 bridgehead atoms. The Bertz CT molecular complexity index is 1300. The number of halogens is 1. The number of methoxy groups -OCH3 is 1. The van der Waals surface area contributed by atoms with Crippen LogP contribution in [0, 0.1) is 0 Å². The monoisotopic (exact) mass is 537 g/mol. The summed E-state index contributed by atoms with van der Waals surface area (Å²) in [5.41, 5.74) is 1.56. The number of anilines is 3. The van der Waals surface area contributed by atoms with E-state index >= 15 is 0 Å². The van der Waals surface area contributed by atoms with Gasteiger partial charge < -0.3 is 30.1 Å². The largest absolute Gasteiger partial charge is 0.494 e. The lowest BCUT2D eigenvalue weighted by molar-refractivity contribution is -0.118.